The summed E-state index contributed by atoms with van der Waals surface area (Å²) < 4.78 is 5.30. The Bertz CT molecular complexity index is 271. The van der Waals surface area contributed by atoms with Crippen molar-refractivity contribution in [1.29, 1.82) is 0 Å². The van der Waals surface area contributed by atoms with Crippen LogP contribution in [0.1, 0.15) is 0 Å². The van der Waals surface area contributed by atoms with E-state index < -0.39 is 0 Å². The average Bonchev–Trinajstić information content (AvgIpc) is 2.05. The van der Waals surface area contributed by atoms with Crippen molar-refractivity contribution in [3.8, 4) is 5.75 Å². The third kappa shape index (κ3) is 2.62. The fourth-order valence-electron chi connectivity index (χ4n) is 0.812. The molecule has 2 N–H and O–H groups in total. The molecule has 0 radical (unpaired) electrons. The minimum absolute atomic E-state index is 0.486. The van der Waals surface area contributed by atoms with Crippen LogP contribution >= 0.6 is 0 Å². The number of anilines is 1. The molecule has 1 rings (SSSR count). The molecule has 64 valence electrons. The number of hydrogen-bond donors (Lipinski definition) is 1. The first-order chi connectivity index (χ1) is 5.83. The number of rotatable bonds is 3. The second-order valence-electron chi connectivity index (χ2n) is 2.32. The molecule has 0 amide bonds. The van der Waals surface area contributed by atoms with E-state index in [-0.39, 0.29) is 0 Å². The van der Waals surface area contributed by atoms with Crippen molar-refractivity contribution < 1.29 is 4.74 Å². The zero-order valence-electron chi connectivity index (χ0n) is 7.03. The standard InChI is InChI=1S/C9H12N2O/c1-11-5-6-12-9-4-2-3-8(10)7-9/h2-5,7H,6,10H2,1H3. The van der Waals surface area contributed by atoms with Crippen molar-refractivity contribution in [3.63, 3.8) is 0 Å². The number of aliphatic imine (C=N–C) groups is 1. The summed E-state index contributed by atoms with van der Waals surface area (Å²) in [6, 6.07) is 7.32. The summed E-state index contributed by atoms with van der Waals surface area (Å²) in [6.45, 7) is 0.486. The highest BCUT2D eigenvalue weighted by Gasteiger charge is 1.90. The molecule has 0 aliphatic rings. The lowest BCUT2D eigenvalue weighted by Gasteiger charge is -2.02. The fraction of sp³-hybridized carbons (Fsp3) is 0.222. The van der Waals surface area contributed by atoms with Gasteiger partial charge in [0, 0.05) is 25.0 Å². The number of nitrogens with zero attached hydrogens (tertiary/aromatic N) is 1. The van der Waals surface area contributed by atoms with Crippen LogP contribution in [0.15, 0.2) is 29.3 Å². The van der Waals surface area contributed by atoms with Gasteiger partial charge in [-0.1, -0.05) is 6.07 Å². The van der Waals surface area contributed by atoms with Gasteiger partial charge in [-0.3, -0.25) is 4.99 Å². The van der Waals surface area contributed by atoms with E-state index in [0.29, 0.717) is 12.3 Å². The summed E-state index contributed by atoms with van der Waals surface area (Å²) in [5.74, 6) is 0.773. The molecule has 1 aromatic carbocycles. The normalized spacial score (nSPS) is 10.4. The highest BCUT2D eigenvalue weighted by atomic mass is 16.5. The van der Waals surface area contributed by atoms with E-state index in [1.807, 2.05) is 18.2 Å². The lowest BCUT2D eigenvalue weighted by molar-refractivity contribution is 0.380. The van der Waals surface area contributed by atoms with Gasteiger partial charge in [-0.05, 0) is 12.1 Å². The minimum Gasteiger partial charge on any atom is -0.488 e. The summed E-state index contributed by atoms with van der Waals surface area (Å²) in [4.78, 5) is 3.79. The Balaban J connectivity index is 2.52. The summed E-state index contributed by atoms with van der Waals surface area (Å²) in [5.41, 5.74) is 6.26. The molecule has 1 aromatic rings. The number of nitrogens with two attached hydrogens (primary N) is 1. The summed E-state index contributed by atoms with van der Waals surface area (Å²) in [5, 5.41) is 0. The van der Waals surface area contributed by atoms with Crippen LogP contribution in [0.2, 0.25) is 0 Å². The van der Waals surface area contributed by atoms with Crippen LogP contribution in [-0.4, -0.2) is 19.9 Å². The second-order valence-corrected chi connectivity index (χ2v) is 2.32. The molecule has 0 heterocycles. The largest absolute Gasteiger partial charge is 0.488 e. The van der Waals surface area contributed by atoms with Crippen molar-refractivity contribution >= 4 is 11.9 Å². The van der Waals surface area contributed by atoms with Gasteiger partial charge in [-0.25, -0.2) is 0 Å². The lowest BCUT2D eigenvalue weighted by Crippen LogP contribution is -1.98. The molecule has 0 aromatic heterocycles. The maximum absolute atomic E-state index is 5.55. The van der Waals surface area contributed by atoms with Crippen LogP contribution in [0.5, 0.6) is 5.75 Å². The highest BCUT2D eigenvalue weighted by Crippen LogP contribution is 2.13. The average molecular weight is 164 g/mol. The Morgan fingerprint density at radius 3 is 3.08 bits per heavy atom. The van der Waals surface area contributed by atoms with Gasteiger partial charge in [-0.2, -0.15) is 0 Å². The Hall–Kier alpha value is -1.51. The Labute approximate surface area is 71.9 Å². The van der Waals surface area contributed by atoms with E-state index in [9.17, 15) is 0 Å². The number of nitrogen functional groups attached to an aromatic ring is 1. The first-order valence-electron chi connectivity index (χ1n) is 3.72. The first kappa shape index (κ1) is 8.59. The molecule has 0 unspecified atom stereocenters. The quantitative estimate of drug-likeness (QED) is 0.541. The smallest absolute Gasteiger partial charge is 0.123 e. The minimum atomic E-state index is 0.486. The van der Waals surface area contributed by atoms with Crippen LogP contribution in [0.4, 0.5) is 5.69 Å². The van der Waals surface area contributed by atoms with Crippen molar-refractivity contribution in [2.75, 3.05) is 19.4 Å². The zero-order valence-corrected chi connectivity index (χ0v) is 7.03. The van der Waals surface area contributed by atoms with Crippen molar-refractivity contribution in [2.24, 2.45) is 4.99 Å². The molecule has 0 fully saturated rings. The van der Waals surface area contributed by atoms with Gasteiger partial charge in [0.15, 0.2) is 0 Å². The van der Waals surface area contributed by atoms with E-state index in [4.69, 9.17) is 10.5 Å². The maximum atomic E-state index is 5.55. The van der Waals surface area contributed by atoms with Crippen LogP contribution < -0.4 is 10.5 Å². The van der Waals surface area contributed by atoms with Gasteiger partial charge in [0.1, 0.15) is 12.4 Å². The van der Waals surface area contributed by atoms with E-state index in [1.165, 1.54) is 0 Å². The van der Waals surface area contributed by atoms with E-state index in [0.717, 1.165) is 5.75 Å². The predicted octanol–water partition coefficient (Wildman–Crippen LogP) is 1.35. The number of benzene rings is 1. The van der Waals surface area contributed by atoms with Gasteiger partial charge in [0.2, 0.25) is 0 Å². The molecule has 0 saturated heterocycles. The monoisotopic (exact) mass is 164 g/mol. The lowest BCUT2D eigenvalue weighted by atomic mass is 10.3. The maximum Gasteiger partial charge on any atom is 0.123 e. The van der Waals surface area contributed by atoms with Crippen LogP contribution in [0.25, 0.3) is 0 Å². The molecule has 0 aliphatic heterocycles. The number of ether oxygens (including phenoxy) is 1. The second kappa shape index (κ2) is 4.38. The summed E-state index contributed by atoms with van der Waals surface area (Å²) in [6.07, 6.45) is 1.70. The third-order valence-corrected chi connectivity index (χ3v) is 1.37. The van der Waals surface area contributed by atoms with Crippen LogP contribution in [-0.2, 0) is 0 Å². The Kier molecular flexibility index (Phi) is 3.14. The number of hydrogen-bond acceptors (Lipinski definition) is 3. The van der Waals surface area contributed by atoms with E-state index >= 15 is 0 Å². The van der Waals surface area contributed by atoms with Crippen LogP contribution in [0.3, 0.4) is 0 Å². The SMILES string of the molecule is CN=CCOc1cccc(N)c1. The molecule has 12 heavy (non-hydrogen) atoms. The molecule has 0 bridgehead atoms. The predicted molar refractivity (Wildman–Crippen MR) is 50.8 cm³/mol. The molecule has 3 heteroatoms. The molecule has 0 atom stereocenters. The summed E-state index contributed by atoms with van der Waals surface area (Å²) in [7, 11) is 1.71. The Morgan fingerprint density at radius 1 is 1.58 bits per heavy atom. The van der Waals surface area contributed by atoms with Gasteiger partial charge >= 0.3 is 0 Å². The van der Waals surface area contributed by atoms with E-state index in [2.05, 4.69) is 4.99 Å². The van der Waals surface area contributed by atoms with Crippen molar-refractivity contribution in [3.05, 3.63) is 24.3 Å². The van der Waals surface area contributed by atoms with Gasteiger partial charge in [0.25, 0.3) is 0 Å². The van der Waals surface area contributed by atoms with Gasteiger partial charge < -0.3 is 10.5 Å². The molecule has 0 saturated carbocycles. The molecular weight excluding hydrogens is 152 g/mol. The zero-order chi connectivity index (χ0) is 8.81. The fourth-order valence-corrected chi connectivity index (χ4v) is 0.812. The van der Waals surface area contributed by atoms with Gasteiger partial charge in [-0.15, -0.1) is 0 Å². The molecular formula is C9H12N2O. The Morgan fingerprint density at radius 2 is 2.42 bits per heavy atom. The molecule has 0 spiro atoms. The van der Waals surface area contributed by atoms with Crippen molar-refractivity contribution in [2.45, 2.75) is 0 Å². The topological polar surface area (TPSA) is 47.6 Å². The third-order valence-electron chi connectivity index (χ3n) is 1.37. The van der Waals surface area contributed by atoms with Crippen molar-refractivity contribution in [1.82, 2.24) is 0 Å². The summed E-state index contributed by atoms with van der Waals surface area (Å²) >= 11 is 0. The van der Waals surface area contributed by atoms with Gasteiger partial charge in [0.05, 0.1) is 0 Å². The molecule has 0 aliphatic carbocycles. The molecule has 3 nitrogen and oxygen atoms in total. The highest BCUT2D eigenvalue weighted by molar-refractivity contribution is 5.59. The first-order valence-corrected chi connectivity index (χ1v) is 3.72. The van der Waals surface area contributed by atoms with Crippen LogP contribution in [0, 0.1) is 0 Å². The van der Waals surface area contributed by atoms with E-state index in [1.54, 1.807) is 19.3 Å².